The highest BCUT2D eigenvalue weighted by atomic mass is 32.1. The summed E-state index contributed by atoms with van der Waals surface area (Å²) in [6, 6.07) is 0. The number of hydrazine groups is 1. The fourth-order valence-electron chi connectivity index (χ4n) is 0.232. The molecule has 0 aliphatic carbocycles. The zero-order valence-electron chi connectivity index (χ0n) is 4.83. The normalized spacial score (nSPS) is 10.8. The maximum absolute atomic E-state index is 11.4. The van der Waals surface area contributed by atoms with Crippen LogP contribution >= 0.6 is 12.2 Å². The van der Waals surface area contributed by atoms with Crippen LogP contribution < -0.4 is 16.6 Å². The minimum Gasteiger partial charge on any atom is -0.353 e. The molecule has 0 heterocycles. The van der Waals surface area contributed by atoms with Crippen molar-refractivity contribution in [3.8, 4) is 0 Å². The molecule has 0 saturated carbocycles. The summed E-state index contributed by atoms with van der Waals surface area (Å²) in [5.74, 6) is 4.68. The van der Waals surface area contributed by atoms with Gasteiger partial charge in [0.15, 0.2) is 5.11 Å². The van der Waals surface area contributed by atoms with Crippen LogP contribution in [0.1, 0.15) is 0 Å². The Labute approximate surface area is 60.7 Å². The number of nitrogens with one attached hydrogen (secondary N) is 2. The molecule has 0 aromatic rings. The summed E-state index contributed by atoms with van der Waals surface area (Å²) in [7, 11) is 0. The molecule has 0 aliphatic rings. The van der Waals surface area contributed by atoms with Crippen molar-refractivity contribution in [3.63, 3.8) is 0 Å². The van der Waals surface area contributed by atoms with Gasteiger partial charge in [-0.25, -0.2) is 5.84 Å². The second-order valence-electron chi connectivity index (χ2n) is 1.44. The van der Waals surface area contributed by atoms with Gasteiger partial charge in [-0.3, -0.25) is 0 Å². The van der Waals surface area contributed by atoms with Crippen molar-refractivity contribution in [1.82, 2.24) is 10.7 Å². The number of rotatable bonds is 1. The van der Waals surface area contributed by atoms with Gasteiger partial charge in [0.2, 0.25) is 0 Å². The van der Waals surface area contributed by atoms with Crippen LogP contribution in [-0.2, 0) is 0 Å². The van der Waals surface area contributed by atoms with Gasteiger partial charge in [-0.05, 0) is 12.2 Å². The van der Waals surface area contributed by atoms with Crippen LogP contribution in [0, 0.1) is 0 Å². The maximum Gasteiger partial charge on any atom is 0.405 e. The van der Waals surface area contributed by atoms with Crippen molar-refractivity contribution in [2.75, 3.05) is 6.54 Å². The Hall–Kier alpha value is -0.560. The number of nitrogens with two attached hydrogens (primary N) is 1. The predicted octanol–water partition coefficient (Wildman–Crippen LogP) is -0.114. The Morgan fingerprint density at radius 3 is 2.30 bits per heavy atom. The molecule has 0 bridgehead atoms. The highest BCUT2D eigenvalue weighted by Crippen LogP contribution is 2.11. The summed E-state index contributed by atoms with van der Waals surface area (Å²) in [5, 5.41) is 1.62. The summed E-state index contributed by atoms with van der Waals surface area (Å²) in [6.45, 7) is -1.17. The first-order valence-electron chi connectivity index (χ1n) is 2.27. The third-order valence-electron chi connectivity index (χ3n) is 0.580. The molecule has 0 aromatic carbocycles. The van der Waals surface area contributed by atoms with E-state index in [2.05, 4.69) is 18.1 Å². The van der Waals surface area contributed by atoms with Crippen LogP contribution in [0.3, 0.4) is 0 Å². The van der Waals surface area contributed by atoms with Crippen LogP contribution in [-0.4, -0.2) is 17.8 Å². The molecule has 0 saturated heterocycles. The fourth-order valence-corrected chi connectivity index (χ4v) is 0.304. The van der Waals surface area contributed by atoms with E-state index >= 15 is 0 Å². The van der Waals surface area contributed by atoms with Crippen molar-refractivity contribution < 1.29 is 13.2 Å². The smallest absolute Gasteiger partial charge is 0.353 e. The van der Waals surface area contributed by atoms with Crippen LogP contribution in [0.25, 0.3) is 0 Å². The summed E-state index contributed by atoms with van der Waals surface area (Å²) < 4.78 is 34.1. The van der Waals surface area contributed by atoms with Crippen LogP contribution in [0.2, 0.25) is 0 Å². The van der Waals surface area contributed by atoms with E-state index in [1.54, 1.807) is 0 Å². The average molecular weight is 173 g/mol. The lowest BCUT2D eigenvalue weighted by Gasteiger charge is -2.08. The molecule has 0 rings (SSSR count). The van der Waals surface area contributed by atoms with E-state index < -0.39 is 12.7 Å². The van der Waals surface area contributed by atoms with Gasteiger partial charge in [0.25, 0.3) is 0 Å². The van der Waals surface area contributed by atoms with Gasteiger partial charge in [-0.15, -0.1) is 0 Å². The standard InChI is InChI=1S/C3H6F3N3S/c4-3(5,6)1-8-2(10)9-7/h1,7H2,(H2,8,9,10). The summed E-state index contributed by atoms with van der Waals surface area (Å²) >= 11 is 4.28. The number of halogens is 3. The number of alkyl halides is 3. The van der Waals surface area contributed by atoms with Gasteiger partial charge in [-0.2, -0.15) is 13.2 Å². The molecule has 7 heteroatoms. The molecular formula is C3H6F3N3S. The highest BCUT2D eigenvalue weighted by Gasteiger charge is 2.26. The monoisotopic (exact) mass is 173 g/mol. The minimum absolute atomic E-state index is 0.225. The Bertz CT molecular complexity index is 123. The zero-order valence-corrected chi connectivity index (χ0v) is 5.64. The second kappa shape index (κ2) is 3.57. The van der Waals surface area contributed by atoms with E-state index in [9.17, 15) is 13.2 Å². The largest absolute Gasteiger partial charge is 0.405 e. The highest BCUT2D eigenvalue weighted by molar-refractivity contribution is 7.80. The molecule has 0 radical (unpaired) electrons. The maximum atomic E-state index is 11.4. The van der Waals surface area contributed by atoms with E-state index in [1.165, 1.54) is 0 Å². The van der Waals surface area contributed by atoms with Crippen molar-refractivity contribution in [3.05, 3.63) is 0 Å². The molecule has 10 heavy (non-hydrogen) atoms. The molecule has 4 N–H and O–H groups in total. The van der Waals surface area contributed by atoms with Crippen molar-refractivity contribution >= 4 is 17.3 Å². The molecule has 0 fully saturated rings. The minimum atomic E-state index is -4.26. The topological polar surface area (TPSA) is 50.1 Å². The zero-order chi connectivity index (χ0) is 8.20. The van der Waals surface area contributed by atoms with Crippen LogP contribution in [0.4, 0.5) is 13.2 Å². The van der Waals surface area contributed by atoms with E-state index in [1.807, 2.05) is 10.7 Å². The van der Waals surface area contributed by atoms with Crippen molar-refractivity contribution in [2.45, 2.75) is 6.18 Å². The van der Waals surface area contributed by atoms with Crippen molar-refractivity contribution in [1.29, 1.82) is 0 Å². The quantitative estimate of drug-likeness (QED) is 0.294. The van der Waals surface area contributed by atoms with E-state index in [0.717, 1.165) is 0 Å². The van der Waals surface area contributed by atoms with Crippen molar-refractivity contribution in [2.24, 2.45) is 5.84 Å². The Kier molecular flexibility index (Phi) is 3.37. The summed E-state index contributed by atoms with van der Waals surface area (Å²) in [5.41, 5.74) is 1.86. The lowest BCUT2D eigenvalue weighted by Crippen LogP contribution is -2.43. The van der Waals surface area contributed by atoms with E-state index in [-0.39, 0.29) is 5.11 Å². The second-order valence-corrected chi connectivity index (χ2v) is 1.85. The Morgan fingerprint density at radius 1 is 1.50 bits per heavy atom. The SMILES string of the molecule is NNC(=S)NCC(F)(F)F. The third-order valence-corrected chi connectivity index (χ3v) is 0.843. The van der Waals surface area contributed by atoms with Crippen LogP contribution in [0.5, 0.6) is 0 Å². The molecule has 0 aliphatic heterocycles. The molecule has 0 unspecified atom stereocenters. The lowest BCUT2D eigenvalue weighted by atomic mass is 10.6. The molecule has 0 aromatic heterocycles. The third kappa shape index (κ3) is 5.57. The molecular weight excluding hydrogens is 167 g/mol. The predicted molar refractivity (Wildman–Crippen MR) is 34.0 cm³/mol. The molecule has 0 spiro atoms. The number of hydrogen-bond acceptors (Lipinski definition) is 2. The Balaban J connectivity index is 3.46. The first-order valence-corrected chi connectivity index (χ1v) is 2.68. The number of thiocarbonyl (C=S) groups is 1. The first-order chi connectivity index (χ1) is 4.45. The molecule has 0 amide bonds. The van der Waals surface area contributed by atoms with Gasteiger partial charge in [0.1, 0.15) is 6.54 Å². The Morgan fingerprint density at radius 2 is 2.00 bits per heavy atom. The van der Waals surface area contributed by atoms with E-state index in [4.69, 9.17) is 0 Å². The lowest BCUT2D eigenvalue weighted by molar-refractivity contribution is -0.122. The molecule has 0 atom stereocenters. The van der Waals surface area contributed by atoms with Gasteiger partial charge in [0, 0.05) is 0 Å². The van der Waals surface area contributed by atoms with Gasteiger partial charge in [0.05, 0.1) is 0 Å². The molecule has 60 valence electrons. The van der Waals surface area contributed by atoms with Crippen LogP contribution in [0.15, 0.2) is 0 Å². The summed E-state index contributed by atoms with van der Waals surface area (Å²) in [4.78, 5) is 0. The average Bonchev–Trinajstić information content (AvgIpc) is 1.81. The summed E-state index contributed by atoms with van der Waals surface area (Å²) in [6.07, 6.45) is -4.26. The molecule has 3 nitrogen and oxygen atoms in total. The van der Waals surface area contributed by atoms with E-state index in [0.29, 0.717) is 0 Å². The fraction of sp³-hybridized carbons (Fsp3) is 0.667. The van der Waals surface area contributed by atoms with Gasteiger partial charge in [-0.1, -0.05) is 0 Å². The van der Waals surface area contributed by atoms with Gasteiger partial charge >= 0.3 is 6.18 Å². The first kappa shape index (κ1) is 9.44. The number of hydrogen-bond donors (Lipinski definition) is 3. The van der Waals surface area contributed by atoms with Gasteiger partial charge < -0.3 is 10.7 Å².